The summed E-state index contributed by atoms with van der Waals surface area (Å²) >= 11 is 7.40. The Labute approximate surface area is 117 Å². The van der Waals surface area contributed by atoms with Crippen LogP contribution in [0.4, 0.5) is 0 Å². The van der Waals surface area contributed by atoms with Crippen LogP contribution in [0.25, 0.3) is 0 Å². The summed E-state index contributed by atoms with van der Waals surface area (Å²) in [5.41, 5.74) is 0. The molecule has 1 rings (SSSR count). The minimum atomic E-state index is -0.0104. The van der Waals surface area contributed by atoms with Crippen LogP contribution in [-0.4, -0.2) is 38.8 Å². The SMILES string of the molecule is COCC(C)NC(=O)CNCCc1ccc(Cl)s1. The third kappa shape index (κ3) is 6.35. The van der Waals surface area contributed by atoms with E-state index >= 15 is 0 Å². The summed E-state index contributed by atoms with van der Waals surface area (Å²) in [5.74, 6) is -0.0104. The van der Waals surface area contributed by atoms with E-state index in [0.29, 0.717) is 13.2 Å². The normalized spacial score (nSPS) is 12.4. The van der Waals surface area contributed by atoms with Crippen molar-refractivity contribution in [2.75, 3.05) is 26.8 Å². The monoisotopic (exact) mass is 290 g/mol. The van der Waals surface area contributed by atoms with Gasteiger partial charge < -0.3 is 15.4 Å². The van der Waals surface area contributed by atoms with Crippen LogP contribution < -0.4 is 10.6 Å². The summed E-state index contributed by atoms with van der Waals surface area (Å²) in [6, 6.07) is 3.94. The first-order chi connectivity index (χ1) is 8.61. The number of carbonyl (C=O) groups excluding carboxylic acids is 1. The van der Waals surface area contributed by atoms with Crippen LogP contribution in [0.3, 0.4) is 0 Å². The molecule has 1 amide bonds. The van der Waals surface area contributed by atoms with E-state index in [1.807, 2.05) is 19.1 Å². The Morgan fingerprint density at radius 2 is 2.33 bits per heavy atom. The van der Waals surface area contributed by atoms with Crippen molar-refractivity contribution in [1.82, 2.24) is 10.6 Å². The highest BCUT2D eigenvalue weighted by atomic mass is 35.5. The zero-order valence-corrected chi connectivity index (χ0v) is 12.2. The molecule has 1 heterocycles. The third-order valence-corrected chi connectivity index (χ3v) is 3.58. The fraction of sp³-hybridized carbons (Fsp3) is 0.583. The standard InChI is InChI=1S/C12H19ClN2O2S/c1-9(8-17-2)15-12(16)7-14-6-5-10-3-4-11(13)18-10/h3-4,9,14H,5-8H2,1-2H3,(H,15,16). The average Bonchev–Trinajstić information content (AvgIpc) is 2.71. The molecule has 6 heteroatoms. The van der Waals surface area contributed by atoms with Gasteiger partial charge in [-0.15, -0.1) is 11.3 Å². The number of amides is 1. The van der Waals surface area contributed by atoms with E-state index in [0.717, 1.165) is 17.3 Å². The number of nitrogens with one attached hydrogen (secondary N) is 2. The molecule has 4 nitrogen and oxygen atoms in total. The van der Waals surface area contributed by atoms with Gasteiger partial charge in [0, 0.05) is 24.6 Å². The lowest BCUT2D eigenvalue weighted by Crippen LogP contribution is -2.41. The van der Waals surface area contributed by atoms with Gasteiger partial charge in [0.05, 0.1) is 17.5 Å². The molecule has 1 unspecified atom stereocenters. The molecule has 0 bridgehead atoms. The Morgan fingerprint density at radius 1 is 1.56 bits per heavy atom. The van der Waals surface area contributed by atoms with Gasteiger partial charge in [-0.25, -0.2) is 0 Å². The fourth-order valence-corrected chi connectivity index (χ4v) is 2.60. The number of halogens is 1. The summed E-state index contributed by atoms with van der Waals surface area (Å²) in [6.07, 6.45) is 0.887. The molecule has 0 aliphatic rings. The summed E-state index contributed by atoms with van der Waals surface area (Å²) in [7, 11) is 1.62. The summed E-state index contributed by atoms with van der Waals surface area (Å²) in [6.45, 7) is 3.53. The quantitative estimate of drug-likeness (QED) is 0.716. The van der Waals surface area contributed by atoms with Crippen LogP contribution in [0.2, 0.25) is 4.34 Å². The number of rotatable bonds is 8. The third-order valence-electron chi connectivity index (χ3n) is 2.29. The van der Waals surface area contributed by atoms with E-state index in [1.54, 1.807) is 18.4 Å². The second kappa shape index (κ2) is 8.48. The summed E-state index contributed by atoms with van der Waals surface area (Å²) in [4.78, 5) is 12.7. The minimum Gasteiger partial charge on any atom is -0.383 e. The van der Waals surface area contributed by atoms with Crippen molar-refractivity contribution < 1.29 is 9.53 Å². The predicted octanol–water partition coefficient (Wildman–Crippen LogP) is 1.68. The lowest BCUT2D eigenvalue weighted by molar-refractivity contribution is -0.121. The predicted molar refractivity (Wildman–Crippen MR) is 75.4 cm³/mol. The van der Waals surface area contributed by atoms with Crippen molar-refractivity contribution in [2.45, 2.75) is 19.4 Å². The van der Waals surface area contributed by atoms with Crippen molar-refractivity contribution in [2.24, 2.45) is 0 Å². The van der Waals surface area contributed by atoms with Gasteiger partial charge in [-0.2, -0.15) is 0 Å². The molecule has 2 N–H and O–H groups in total. The smallest absolute Gasteiger partial charge is 0.234 e. The molecule has 1 aromatic heterocycles. The van der Waals surface area contributed by atoms with Gasteiger partial charge in [-0.1, -0.05) is 11.6 Å². The minimum absolute atomic E-state index is 0.0104. The van der Waals surface area contributed by atoms with Crippen molar-refractivity contribution in [3.63, 3.8) is 0 Å². The van der Waals surface area contributed by atoms with E-state index in [-0.39, 0.29) is 11.9 Å². The fourth-order valence-electron chi connectivity index (χ4n) is 1.52. The second-order valence-electron chi connectivity index (χ2n) is 4.06. The van der Waals surface area contributed by atoms with E-state index in [4.69, 9.17) is 16.3 Å². The van der Waals surface area contributed by atoms with Gasteiger partial charge in [0.1, 0.15) is 0 Å². The molecular formula is C12H19ClN2O2S. The van der Waals surface area contributed by atoms with Crippen LogP contribution in [-0.2, 0) is 16.0 Å². The lowest BCUT2D eigenvalue weighted by atomic mass is 10.3. The van der Waals surface area contributed by atoms with Crippen molar-refractivity contribution in [1.29, 1.82) is 0 Å². The summed E-state index contributed by atoms with van der Waals surface area (Å²) in [5, 5.41) is 5.94. The largest absolute Gasteiger partial charge is 0.383 e. The Morgan fingerprint density at radius 3 is 2.94 bits per heavy atom. The Bertz CT molecular complexity index is 371. The van der Waals surface area contributed by atoms with Gasteiger partial charge in [0.15, 0.2) is 0 Å². The van der Waals surface area contributed by atoms with E-state index in [2.05, 4.69) is 10.6 Å². The maximum Gasteiger partial charge on any atom is 0.234 e. The molecule has 0 aliphatic heterocycles. The van der Waals surface area contributed by atoms with Gasteiger partial charge >= 0.3 is 0 Å². The van der Waals surface area contributed by atoms with Crippen molar-refractivity contribution in [3.05, 3.63) is 21.3 Å². The number of carbonyl (C=O) groups is 1. The maximum atomic E-state index is 11.5. The second-order valence-corrected chi connectivity index (χ2v) is 5.86. The van der Waals surface area contributed by atoms with Crippen LogP contribution in [0, 0.1) is 0 Å². The van der Waals surface area contributed by atoms with Gasteiger partial charge in [-0.05, 0) is 25.5 Å². The van der Waals surface area contributed by atoms with Crippen LogP contribution in [0.1, 0.15) is 11.8 Å². The van der Waals surface area contributed by atoms with E-state index < -0.39 is 0 Å². The molecular weight excluding hydrogens is 272 g/mol. The zero-order valence-electron chi connectivity index (χ0n) is 10.7. The zero-order chi connectivity index (χ0) is 13.4. The summed E-state index contributed by atoms with van der Waals surface area (Å²) < 4.78 is 5.75. The molecule has 0 saturated carbocycles. The first kappa shape index (κ1) is 15.4. The number of ether oxygens (including phenoxy) is 1. The lowest BCUT2D eigenvalue weighted by Gasteiger charge is -2.12. The first-order valence-electron chi connectivity index (χ1n) is 5.85. The molecule has 1 aromatic rings. The highest BCUT2D eigenvalue weighted by molar-refractivity contribution is 7.16. The molecule has 0 aliphatic carbocycles. The number of methoxy groups -OCH3 is 1. The van der Waals surface area contributed by atoms with Crippen LogP contribution in [0.5, 0.6) is 0 Å². The Hall–Kier alpha value is -0.620. The van der Waals surface area contributed by atoms with E-state index in [9.17, 15) is 4.79 Å². The molecule has 1 atom stereocenters. The number of hydrogen-bond donors (Lipinski definition) is 2. The van der Waals surface area contributed by atoms with Gasteiger partial charge in [-0.3, -0.25) is 4.79 Å². The topological polar surface area (TPSA) is 50.4 Å². The van der Waals surface area contributed by atoms with E-state index in [1.165, 1.54) is 4.88 Å². The number of hydrogen-bond acceptors (Lipinski definition) is 4. The average molecular weight is 291 g/mol. The highest BCUT2D eigenvalue weighted by Crippen LogP contribution is 2.21. The molecule has 0 aromatic carbocycles. The Balaban J connectivity index is 2.08. The molecule has 0 spiro atoms. The highest BCUT2D eigenvalue weighted by Gasteiger charge is 2.06. The first-order valence-corrected chi connectivity index (χ1v) is 7.04. The molecule has 18 heavy (non-hydrogen) atoms. The molecule has 0 fully saturated rings. The van der Waals surface area contributed by atoms with Gasteiger partial charge in [0.2, 0.25) is 5.91 Å². The maximum absolute atomic E-state index is 11.5. The van der Waals surface area contributed by atoms with Crippen LogP contribution >= 0.6 is 22.9 Å². The van der Waals surface area contributed by atoms with Crippen molar-refractivity contribution >= 4 is 28.8 Å². The molecule has 102 valence electrons. The number of thiophene rings is 1. The Kier molecular flexibility index (Phi) is 7.27. The molecule has 0 saturated heterocycles. The van der Waals surface area contributed by atoms with Crippen LogP contribution in [0.15, 0.2) is 12.1 Å². The molecule has 0 radical (unpaired) electrons. The van der Waals surface area contributed by atoms with Gasteiger partial charge in [0.25, 0.3) is 0 Å². The van der Waals surface area contributed by atoms with Crippen molar-refractivity contribution in [3.8, 4) is 0 Å².